The van der Waals surface area contributed by atoms with Crippen molar-refractivity contribution in [3.05, 3.63) is 77.5 Å². The topological polar surface area (TPSA) is 130 Å². The fourth-order valence-corrected chi connectivity index (χ4v) is 5.92. The molecule has 1 aromatic heterocycles. The van der Waals surface area contributed by atoms with Gasteiger partial charge in [-0.15, -0.1) is 0 Å². The fourth-order valence-electron chi connectivity index (χ4n) is 4.80. The number of piperazine rings is 1. The number of benzene rings is 2. The van der Waals surface area contributed by atoms with E-state index in [1.807, 2.05) is 59.8 Å². The van der Waals surface area contributed by atoms with Gasteiger partial charge in [0.2, 0.25) is 0 Å². The molecule has 0 bridgehead atoms. The van der Waals surface area contributed by atoms with Gasteiger partial charge in [0, 0.05) is 67.7 Å². The maximum atomic E-state index is 13.5. The number of hydroxylamine groups is 2. The third-order valence-corrected chi connectivity index (χ3v) is 8.70. The molecule has 1 amide bonds. The van der Waals surface area contributed by atoms with Gasteiger partial charge in [0.05, 0.1) is 16.3 Å². The van der Waals surface area contributed by atoms with E-state index in [9.17, 15) is 9.00 Å². The summed E-state index contributed by atoms with van der Waals surface area (Å²) >= 11 is 0. The van der Waals surface area contributed by atoms with Crippen molar-refractivity contribution in [2.45, 2.75) is 31.3 Å². The molecule has 0 aliphatic carbocycles. The Morgan fingerprint density at radius 3 is 2.50 bits per heavy atom. The minimum atomic E-state index is -1.24. The van der Waals surface area contributed by atoms with Gasteiger partial charge in [0.25, 0.3) is 5.91 Å². The van der Waals surface area contributed by atoms with Crippen molar-refractivity contribution in [1.82, 2.24) is 19.3 Å². The van der Waals surface area contributed by atoms with Crippen LogP contribution in [0.3, 0.4) is 0 Å². The molecule has 2 aromatic carbocycles. The second-order valence-corrected chi connectivity index (χ2v) is 12.0. The Hall–Kier alpha value is -3.90. The van der Waals surface area contributed by atoms with E-state index < -0.39 is 11.0 Å². The first-order valence-electron chi connectivity index (χ1n) is 14.1. The average molecular weight is 588 g/mol. The number of anilines is 1. The summed E-state index contributed by atoms with van der Waals surface area (Å²) < 4.78 is 15.0. The summed E-state index contributed by atoms with van der Waals surface area (Å²) in [7, 11) is 0.833. The van der Waals surface area contributed by atoms with E-state index in [0.717, 1.165) is 55.0 Å². The maximum absolute atomic E-state index is 13.5. The van der Waals surface area contributed by atoms with Crippen molar-refractivity contribution >= 4 is 40.2 Å². The number of carbonyl (C=O) groups is 1. The van der Waals surface area contributed by atoms with E-state index in [-0.39, 0.29) is 18.9 Å². The first-order valence-corrected chi connectivity index (χ1v) is 15.2. The van der Waals surface area contributed by atoms with E-state index >= 15 is 0 Å². The minimum absolute atomic E-state index is 0.208. The number of rotatable bonds is 9. The monoisotopic (exact) mass is 587 g/mol. The maximum Gasteiger partial charge on any atom is 0.273 e. The number of hydrogen-bond acceptors (Lipinski definition) is 8. The number of nitrogen functional groups attached to an aromatic ring is 1. The van der Waals surface area contributed by atoms with E-state index in [4.69, 9.17) is 16.3 Å². The van der Waals surface area contributed by atoms with Gasteiger partial charge in [-0.05, 0) is 55.4 Å². The number of aromatic nitrogens is 1. The van der Waals surface area contributed by atoms with Gasteiger partial charge in [-0.3, -0.25) is 14.6 Å². The molecule has 11 heteroatoms. The van der Waals surface area contributed by atoms with Gasteiger partial charge in [0.15, 0.2) is 0 Å². The Balaban J connectivity index is 1.32. The number of nitrogens with zero attached hydrogens (tertiary/aromatic N) is 5. The molecule has 2 aliphatic rings. The van der Waals surface area contributed by atoms with Crippen LogP contribution >= 0.6 is 0 Å². The van der Waals surface area contributed by atoms with Crippen LogP contribution in [0.2, 0.25) is 0 Å². The summed E-state index contributed by atoms with van der Waals surface area (Å²) in [5.41, 5.74) is 17.2. The van der Waals surface area contributed by atoms with Crippen LogP contribution in [-0.2, 0) is 27.2 Å². The van der Waals surface area contributed by atoms with E-state index in [2.05, 4.69) is 21.9 Å². The molecule has 3 heterocycles. The van der Waals surface area contributed by atoms with E-state index in [0.29, 0.717) is 34.2 Å². The molecule has 42 heavy (non-hydrogen) atoms. The van der Waals surface area contributed by atoms with Crippen LogP contribution in [0.25, 0.3) is 17.3 Å². The van der Waals surface area contributed by atoms with Crippen LogP contribution < -0.4 is 11.5 Å². The Labute approximate surface area is 249 Å². The van der Waals surface area contributed by atoms with Crippen molar-refractivity contribution in [3.63, 3.8) is 0 Å². The Kier molecular flexibility index (Phi) is 9.43. The highest BCUT2D eigenvalue weighted by Gasteiger charge is 2.23. The van der Waals surface area contributed by atoms with Crippen LogP contribution in [-0.4, -0.2) is 75.0 Å². The quantitative estimate of drug-likeness (QED) is 0.288. The number of pyridine rings is 1. The van der Waals surface area contributed by atoms with Crippen molar-refractivity contribution < 1.29 is 13.8 Å². The number of hydrogen-bond donors (Lipinski definition) is 2. The number of likely N-dealkylation sites (N-methyl/N-ethyl adjacent to an activating group) is 1. The highest BCUT2D eigenvalue weighted by Crippen LogP contribution is 2.32. The number of aliphatic imine (C=N–C) groups is 1. The number of carbonyl (C=O) groups excluding carboxylic acids is 1. The summed E-state index contributed by atoms with van der Waals surface area (Å²) in [4.78, 5) is 31.6. The predicted molar refractivity (Wildman–Crippen MR) is 167 cm³/mol. The standard InChI is InChI=1S/C31H37N7O3S/c1-3-12-38(41-21-22-4-8-26(32)9-5-22)31(39)25-17-23-6-7-24(18-29(23)35-30(33)19-25)28-11-10-27(20-34-28)42(40)37-15-13-36(2)14-16-37/h4-11,17-18,20H,3,12-16,19,21,32H2,1-2H3,(H2,33,35). The molecule has 1 unspecified atom stereocenters. The van der Waals surface area contributed by atoms with Crippen LogP contribution in [0.4, 0.5) is 11.4 Å². The van der Waals surface area contributed by atoms with Crippen molar-refractivity contribution in [3.8, 4) is 11.3 Å². The Bertz CT molecular complexity index is 1500. The Morgan fingerprint density at radius 1 is 1.05 bits per heavy atom. The number of amidine groups is 1. The zero-order valence-electron chi connectivity index (χ0n) is 24.0. The lowest BCUT2D eigenvalue weighted by atomic mass is 10.0. The zero-order chi connectivity index (χ0) is 29.6. The number of amides is 1. The second kappa shape index (κ2) is 13.4. The summed E-state index contributed by atoms with van der Waals surface area (Å²) in [6.45, 7) is 5.99. The molecular formula is C31H37N7O3S. The molecule has 0 saturated carbocycles. The molecule has 1 saturated heterocycles. The molecule has 5 rings (SSSR count). The number of nitrogens with two attached hydrogens (primary N) is 2. The SMILES string of the molecule is CCCN(OCc1ccc(N)cc1)C(=O)C1=Cc2ccc(-c3ccc(S(=O)N4CCN(C)CC4)cn3)cc2N=C(N)C1. The molecule has 4 N–H and O–H groups in total. The van der Waals surface area contributed by atoms with Gasteiger partial charge >= 0.3 is 0 Å². The van der Waals surface area contributed by atoms with E-state index in [1.54, 1.807) is 18.3 Å². The van der Waals surface area contributed by atoms with Crippen molar-refractivity contribution in [2.24, 2.45) is 10.7 Å². The van der Waals surface area contributed by atoms with Crippen LogP contribution in [0.15, 0.2) is 76.3 Å². The first-order chi connectivity index (χ1) is 20.3. The van der Waals surface area contributed by atoms with Crippen LogP contribution in [0.1, 0.15) is 30.9 Å². The lowest BCUT2D eigenvalue weighted by Gasteiger charge is -2.31. The number of fused-ring (bicyclic) bond motifs is 1. The largest absolute Gasteiger partial charge is 0.399 e. The Morgan fingerprint density at radius 2 is 1.81 bits per heavy atom. The molecule has 1 fully saturated rings. The minimum Gasteiger partial charge on any atom is -0.399 e. The first kappa shape index (κ1) is 29.6. The highest BCUT2D eigenvalue weighted by molar-refractivity contribution is 7.82. The summed E-state index contributed by atoms with van der Waals surface area (Å²) in [5.74, 6) is 0.0966. The molecule has 2 aliphatic heterocycles. The van der Waals surface area contributed by atoms with Crippen LogP contribution in [0, 0.1) is 0 Å². The lowest BCUT2D eigenvalue weighted by Crippen LogP contribution is -2.45. The third kappa shape index (κ3) is 7.11. The van der Waals surface area contributed by atoms with Gasteiger partial charge < -0.3 is 16.4 Å². The summed E-state index contributed by atoms with van der Waals surface area (Å²) in [6.07, 6.45) is 4.45. The molecule has 0 spiro atoms. The molecule has 0 radical (unpaired) electrons. The second-order valence-electron chi connectivity index (χ2n) is 10.5. The van der Waals surface area contributed by atoms with Gasteiger partial charge in [-0.2, -0.15) is 0 Å². The molecule has 220 valence electrons. The summed E-state index contributed by atoms with van der Waals surface area (Å²) in [6, 6.07) is 16.9. The van der Waals surface area contributed by atoms with E-state index in [1.165, 1.54) is 5.06 Å². The van der Waals surface area contributed by atoms with Crippen molar-refractivity contribution in [1.29, 1.82) is 0 Å². The van der Waals surface area contributed by atoms with Gasteiger partial charge in [-0.25, -0.2) is 18.6 Å². The zero-order valence-corrected chi connectivity index (χ0v) is 24.8. The lowest BCUT2D eigenvalue weighted by molar-refractivity contribution is -0.187. The highest BCUT2D eigenvalue weighted by atomic mass is 32.2. The predicted octanol–water partition coefficient (Wildman–Crippen LogP) is 3.75. The fraction of sp³-hybridized carbons (Fsp3) is 0.323. The normalized spacial score (nSPS) is 16.6. The van der Waals surface area contributed by atoms with Crippen LogP contribution in [0.5, 0.6) is 0 Å². The molecular weight excluding hydrogens is 550 g/mol. The third-order valence-electron chi connectivity index (χ3n) is 7.22. The molecule has 1 atom stereocenters. The smallest absolute Gasteiger partial charge is 0.273 e. The average Bonchev–Trinajstić information content (AvgIpc) is 3.17. The van der Waals surface area contributed by atoms with Crippen molar-refractivity contribution in [2.75, 3.05) is 45.5 Å². The van der Waals surface area contributed by atoms with Gasteiger partial charge in [-0.1, -0.05) is 31.2 Å². The summed E-state index contributed by atoms with van der Waals surface area (Å²) in [5, 5.41) is 1.40. The van der Waals surface area contributed by atoms with Gasteiger partial charge in [0.1, 0.15) is 23.4 Å². The molecule has 10 nitrogen and oxygen atoms in total. The molecule has 3 aromatic rings.